The lowest BCUT2D eigenvalue weighted by molar-refractivity contribution is -0.0462. The SMILES string of the molecule is CC[Si](CC)(CC)Oc1ccc2c(c1)CC[C@@H]1[C@@H]2C(OC)C[C@]2(C)C=CC[C@@H]12. The van der Waals surface area contributed by atoms with Crippen LogP contribution in [0.25, 0.3) is 0 Å². The molecule has 1 aromatic rings. The van der Waals surface area contributed by atoms with Crippen LogP contribution in [-0.4, -0.2) is 21.5 Å². The summed E-state index contributed by atoms with van der Waals surface area (Å²) < 4.78 is 12.8. The van der Waals surface area contributed by atoms with E-state index in [9.17, 15) is 0 Å². The molecule has 0 bridgehead atoms. The van der Waals surface area contributed by atoms with Crippen LogP contribution in [0.3, 0.4) is 0 Å². The van der Waals surface area contributed by atoms with Crippen molar-refractivity contribution in [2.75, 3.05) is 7.11 Å². The Morgan fingerprint density at radius 1 is 1.14 bits per heavy atom. The zero-order valence-electron chi connectivity index (χ0n) is 18.5. The highest BCUT2D eigenvalue weighted by molar-refractivity contribution is 6.74. The molecule has 0 spiro atoms. The molecule has 5 atom stereocenters. The summed E-state index contributed by atoms with van der Waals surface area (Å²) >= 11 is 0. The maximum atomic E-state index is 6.69. The van der Waals surface area contributed by atoms with E-state index in [1.165, 1.54) is 43.0 Å². The molecule has 2 nitrogen and oxygen atoms in total. The quantitative estimate of drug-likeness (QED) is 0.391. The van der Waals surface area contributed by atoms with E-state index in [1.807, 2.05) is 7.11 Å². The first-order chi connectivity index (χ1) is 13.5. The van der Waals surface area contributed by atoms with Crippen molar-refractivity contribution in [1.82, 2.24) is 0 Å². The lowest BCUT2D eigenvalue weighted by Crippen LogP contribution is -2.47. The van der Waals surface area contributed by atoms with Crippen LogP contribution in [0, 0.1) is 17.3 Å². The van der Waals surface area contributed by atoms with Crippen LogP contribution >= 0.6 is 0 Å². The summed E-state index contributed by atoms with van der Waals surface area (Å²) in [4.78, 5) is 0. The Morgan fingerprint density at radius 3 is 2.57 bits per heavy atom. The summed E-state index contributed by atoms with van der Waals surface area (Å²) in [6.07, 6.45) is 10.1. The summed E-state index contributed by atoms with van der Waals surface area (Å²) in [6, 6.07) is 10.6. The summed E-state index contributed by atoms with van der Waals surface area (Å²) in [6.45, 7) is 9.38. The Hall–Kier alpha value is -1.06. The number of allylic oxidation sites excluding steroid dienone is 2. The molecule has 0 aromatic heterocycles. The van der Waals surface area contributed by atoms with Crippen molar-refractivity contribution >= 4 is 8.32 Å². The molecule has 154 valence electrons. The molecule has 3 aliphatic rings. The molecule has 0 heterocycles. The van der Waals surface area contributed by atoms with Crippen LogP contribution in [0.15, 0.2) is 30.4 Å². The van der Waals surface area contributed by atoms with Gasteiger partial charge in [-0.05, 0) is 84.3 Å². The van der Waals surface area contributed by atoms with E-state index in [2.05, 4.69) is 58.0 Å². The summed E-state index contributed by atoms with van der Waals surface area (Å²) in [5, 5.41) is 0. The maximum Gasteiger partial charge on any atom is 0.250 e. The molecule has 3 heteroatoms. The molecule has 0 amide bonds. The van der Waals surface area contributed by atoms with Gasteiger partial charge in [0, 0.05) is 13.0 Å². The highest BCUT2D eigenvalue weighted by Crippen LogP contribution is 2.59. The van der Waals surface area contributed by atoms with E-state index in [-0.39, 0.29) is 0 Å². The monoisotopic (exact) mass is 398 g/mol. The smallest absolute Gasteiger partial charge is 0.250 e. The van der Waals surface area contributed by atoms with E-state index < -0.39 is 8.32 Å². The van der Waals surface area contributed by atoms with Gasteiger partial charge in [0.2, 0.25) is 8.32 Å². The lowest BCUT2D eigenvalue weighted by atomic mass is 9.54. The zero-order valence-corrected chi connectivity index (χ0v) is 19.5. The second-order valence-corrected chi connectivity index (χ2v) is 14.4. The van der Waals surface area contributed by atoms with E-state index in [4.69, 9.17) is 9.16 Å². The predicted molar refractivity (Wildman–Crippen MR) is 120 cm³/mol. The third kappa shape index (κ3) is 3.19. The van der Waals surface area contributed by atoms with Gasteiger partial charge in [0.15, 0.2) is 0 Å². The first-order valence-electron chi connectivity index (χ1n) is 11.5. The molecular weight excluding hydrogens is 360 g/mol. The molecule has 1 unspecified atom stereocenters. The number of hydrogen-bond acceptors (Lipinski definition) is 2. The third-order valence-corrected chi connectivity index (χ3v) is 13.1. The third-order valence-electron chi connectivity index (χ3n) is 8.55. The molecule has 0 saturated heterocycles. The van der Waals surface area contributed by atoms with Crippen molar-refractivity contribution < 1.29 is 9.16 Å². The minimum absolute atomic E-state index is 0.329. The van der Waals surface area contributed by atoms with Gasteiger partial charge in [-0.1, -0.05) is 45.9 Å². The van der Waals surface area contributed by atoms with Gasteiger partial charge in [0.1, 0.15) is 5.75 Å². The Labute approximate surface area is 172 Å². The largest absolute Gasteiger partial charge is 0.543 e. The zero-order chi connectivity index (χ0) is 19.9. The molecule has 0 aliphatic heterocycles. The standard InChI is InChI=1S/C25H38O2Si/c1-6-28(7-2,8-3)27-19-12-14-20-18(16-19)11-13-21-22-10-9-15-25(22,4)17-23(26-5)24(20)21/h9,12,14-16,21-24H,6-8,10-11,13,17H2,1-5H3/t21-,22-,23?,24+,25-/m0/s1. The van der Waals surface area contributed by atoms with Crippen molar-refractivity contribution in [2.24, 2.45) is 17.3 Å². The minimum atomic E-state index is -1.62. The van der Waals surface area contributed by atoms with Gasteiger partial charge >= 0.3 is 0 Å². The Kier molecular flexibility index (Phi) is 5.52. The number of ether oxygens (including phenoxy) is 1. The van der Waals surface area contributed by atoms with E-state index >= 15 is 0 Å². The first kappa shape index (κ1) is 20.2. The fourth-order valence-electron chi connectivity index (χ4n) is 6.61. The van der Waals surface area contributed by atoms with E-state index in [1.54, 1.807) is 5.56 Å². The number of fused-ring (bicyclic) bond motifs is 5. The Bertz CT molecular complexity index is 730. The molecule has 1 aromatic carbocycles. The molecular formula is C25H38O2Si. The Morgan fingerprint density at radius 2 is 1.89 bits per heavy atom. The summed E-state index contributed by atoms with van der Waals surface area (Å²) in [5.41, 5.74) is 3.39. The van der Waals surface area contributed by atoms with Crippen molar-refractivity contribution in [3.63, 3.8) is 0 Å². The van der Waals surface area contributed by atoms with Gasteiger partial charge in [0.05, 0.1) is 6.10 Å². The average Bonchev–Trinajstić information content (AvgIpc) is 3.12. The summed E-state index contributed by atoms with van der Waals surface area (Å²) in [5.74, 6) is 3.19. The van der Waals surface area contributed by atoms with E-state index in [0.29, 0.717) is 17.4 Å². The van der Waals surface area contributed by atoms with Crippen molar-refractivity contribution in [2.45, 2.75) is 83.5 Å². The molecule has 28 heavy (non-hydrogen) atoms. The van der Waals surface area contributed by atoms with Crippen LogP contribution in [0.1, 0.15) is 64.0 Å². The Balaban J connectivity index is 1.64. The second-order valence-electron chi connectivity index (χ2n) is 9.66. The van der Waals surface area contributed by atoms with Crippen LogP contribution in [0.4, 0.5) is 0 Å². The number of rotatable bonds is 6. The highest BCUT2D eigenvalue weighted by atomic mass is 28.4. The van der Waals surface area contributed by atoms with Gasteiger partial charge in [0.25, 0.3) is 0 Å². The van der Waals surface area contributed by atoms with Crippen LogP contribution in [-0.2, 0) is 11.2 Å². The van der Waals surface area contributed by atoms with Crippen LogP contribution in [0.5, 0.6) is 5.75 Å². The fraction of sp³-hybridized carbons (Fsp3) is 0.680. The van der Waals surface area contributed by atoms with Gasteiger partial charge in [-0.15, -0.1) is 0 Å². The second kappa shape index (κ2) is 7.64. The molecule has 4 rings (SSSR count). The van der Waals surface area contributed by atoms with Gasteiger partial charge in [-0.3, -0.25) is 0 Å². The lowest BCUT2D eigenvalue weighted by Gasteiger charge is -2.52. The topological polar surface area (TPSA) is 18.5 Å². The first-order valence-corrected chi connectivity index (χ1v) is 14.0. The van der Waals surface area contributed by atoms with Crippen molar-refractivity contribution in [3.05, 3.63) is 41.5 Å². The van der Waals surface area contributed by atoms with Gasteiger partial charge < -0.3 is 9.16 Å². The maximum absolute atomic E-state index is 6.69. The number of hydrogen-bond donors (Lipinski definition) is 0. The van der Waals surface area contributed by atoms with Crippen LogP contribution in [0.2, 0.25) is 18.1 Å². The fourth-order valence-corrected chi connectivity index (χ4v) is 9.17. The van der Waals surface area contributed by atoms with Crippen LogP contribution < -0.4 is 4.43 Å². The van der Waals surface area contributed by atoms with Crippen molar-refractivity contribution in [1.29, 1.82) is 0 Å². The van der Waals surface area contributed by atoms with Crippen molar-refractivity contribution in [3.8, 4) is 5.75 Å². The minimum Gasteiger partial charge on any atom is -0.543 e. The van der Waals surface area contributed by atoms with Gasteiger partial charge in [-0.2, -0.15) is 0 Å². The molecule has 0 radical (unpaired) electrons. The number of benzene rings is 1. The molecule has 1 fully saturated rings. The highest BCUT2D eigenvalue weighted by Gasteiger charge is 2.52. The number of aryl methyl sites for hydroxylation is 1. The average molecular weight is 399 g/mol. The summed E-state index contributed by atoms with van der Waals surface area (Å²) in [7, 11) is 0.297. The predicted octanol–water partition coefficient (Wildman–Crippen LogP) is 6.72. The van der Waals surface area contributed by atoms with Gasteiger partial charge in [-0.25, -0.2) is 0 Å². The normalized spacial score (nSPS) is 33.9. The molecule has 0 N–H and O–H groups in total. The molecule has 1 saturated carbocycles. The number of methoxy groups -OCH3 is 1. The van der Waals surface area contributed by atoms with E-state index in [0.717, 1.165) is 24.0 Å². The molecule has 3 aliphatic carbocycles.